The van der Waals surface area contributed by atoms with Gasteiger partial charge in [-0.1, -0.05) is 6.07 Å². The molecule has 0 aliphatic carbocycles. The van der Waals surface area contributed by atoms with Crippen molar-refractivity contribution in [3.05, 3.63) is 29.7 Å². The van der Waals surface area contributed by atoms with Crippen LogP contribution in [0.15, 0.2) is 22.6 Å². The minimum Gasteiger partial charge on any atom is -0.441 e. The second-order valence-corrected chi connectivity index (χ2v) is 3.71. The van der Waals surface area contributed by atoms with Gasteiger partial charge in [0.15, 0.2) is 11.5 Å². The Labute approximate surface area is 92.5 Å². The Hall–Kier alpha value is -1.43. The molecule has 2 atom stereocenters. The number of nitrogens with zero attached hydrogens (tertiary/aromatic N) is 1. The Kier molecular flexibility index (Phi) is 2.91. The summed E-state index contributed by atoms with van der Waals surface area (Å²) in [5, 5.41) is 19.2. The van der Waals surface area contributed by atoms with Crippen LogP contribution in [-0.2, 0) is 0 Å². The number of aliphatic hydroxyl groups excluding tert-OH is 2. The number of aliphatic hydroxyl groups is 2. The standard InChI is InChI=1S/C11H14N2O3/c1-6-13-8-4-7(2-3-10(8)16-6)11(15)9(14)5-12/h2-4,9,11,14-15H,5,12H2,1H3. The van der Waals surface area contributed by atoms with E-state index in [1.165, 1.54) is 0 Å². The normalized spacial score (nSPS) is 15.2. The van der Waals surface area contributed by atoms with Gasteiger partial charge >= 0.3 is 0 Å². The number of oxazole rings is 1. The first-order valence-electron chi connectivity index (χ1n) is 5.05. The molecule has 86 valence electrons. The molecule has 0 aliphatic heterocycles. The van der Waals surface area contributed by atoms with E-state index in [4.69, 9.17) is 10.2 Å². The van der Waals surface area contributed by atoms with Crippen molar-refractivity contribution in [3.63, 3.8) is 0 Å². The quantitative estimate of drug-likeness (QED) is 0.702. The molecule has 0 bridgehead atoms. The average molecular weight is 222 g/mol. The fraction of sp³-hybridized carbons (Fsp3) is 0.364. The van der Waals surface area contributed by atoms with E-state index in [1.54, 1.807) is 25.1 Å². The third kappa shape index (κ3) is 1.92. The lowest BCUT2D eigenvalue weighted by molar-refractivity contribution is 0.0244. The van der Waals surface area contributed by atoms with Crippen molar-refractivity contribution in [1.29, 1.82) is 0 Å². The highest BCUT2D eigenvalue weighted by Crippen LogP contribution is 2.22. The summed E-state index contributed by atoms with van der Waals surface area (Å²) in [6, 6.07) is 5.10. The van der Waals surface area contributed by atoms with Crippen LogP contribution >= 0.6 is 0 Å². The van der Waals surface area contributed by atoms with Gasteiger partial charge in [0, 0.05) is 13.5 Å². The van der Waals surface area contributed by atoms with Crippen LogP contribution < -0.4 is 5.73 Å². The van der Waals surface area contributed by atoms with E-state index in [2.05, 4.69) is 4.98 Å². The molecule has 0 saturated carbocycles. The third-order valence-electron chi connectivity index (χ3n) is 2.47. The summed E-state index contributed by atoms with van der Waals surface area (Å²) in [7, 11) is 0. The van der Waals surface area contributed by atoms with Gasteiger partial charge in [0.25, 0.3) is 0 Å². The molecule has 1 aromatic carbocycles. The van der Waals surface area contributed by atoms with Crippen LogP contribution in [-0.4, -0.2) is 27.8 Å². The zero-order valence-corrected chi connectivity index (χ0v) is 8.92. The van der Waals surface area contributed by atoms with Gasteiger partial charge in [-0.05, 0) is 17.7 Å². The lowest BCUT2D eigenvalue weighted by Crippen LogP contribution is -2.27. The predicted molar refractivity (Wildman–Crippen MR) is 58.8 cm³/mol. The first-order valence-corrected chi connectivity index (χ1v) is 5.05. The first kappa shape index (κ1) is 11.1. The van der Waals surface area contributed by atoms with E-state index < -0.39 is 12.2 Å². The molecule has 0 aliphatic rings. The topological polar surface area (TPSA) is 92.5 Å². The molecular weight excluding hydrogens is 208 g/mol. The van der Waals surface area contributed by atoms with Crippen LogP contribution in [0.1, 0.15) is 17.6 Å². The maximum absolute atomic E-state index is 9.77. The Morgan fingerprint density at radius 3 is 2.88 bits per heavy atom. The molecule has 5 heteroatoms. The van der Waals surface area contributed by atoms with Crippen LogP contribution in [0.4, 0.5) is 0 Å². The monoisotopic (exact) mass is 222 g/mol. The van der Waals surface area contributed by atoms with Crippen molar-refractivity contribution in [1.82, 2.24) is 4.98 Å². The molecule has 2 unspecified atom stereocenters. The first-order chi connectivity index (χ1) is 7.61. The number of fused-ring (bicyclic) bond motifs is 1. The van der Waals surface area contributed by atoms with Crippen LogP contribution in [0.5, 0.6) is 0 Å². The third-order valence-corrected chi connectivity index (χ3v) is 2.47. The van der Waals surface area contributed by atoms with Crippen LogP contribution in [0.3, 0.4) is 0 Å². The molecule has 0 fully saturated rings. The van der Waals surface area contributed by atoms with Gasteiger partial charge in [-0.25, -0.2) is 4.98 Å². The second-order valence-electron chi connectivity index (χ2n) is 3.71. The molecule has 4 N–H and O–H groups in total. The number of hydrogen-bond donors (Lipinski definition) is 3. The summed E-state index contributed by atoms with van der Waals surface area (Å²) in [6.45, 7) is 1.77. The fourth-order valence-corrected chi connectivity index (χ4v) is 1.59. The SMILES string of the molecule is Cc1nc2cc(C(O)C(O)CN)ccc2o1. The Bertz CT molecular complexity index is 495. The summed E-state index contributed by atoms with van der Waals surface area (Å²) in [6.07, 6.45) is -1.96. The lowest BCUT2D eigenvalue weighted by atomic mass is 10.0. The fourth-order valence-electron chi connectivity index (χ4n) is 1.59. The summed E-state index contributed by atoms with van der Waals surface area (Å²) >= 11 is 0. The van der Waals surface area contributed by atoms with Crippen molar-refractivity contribution in [2.24, 2.45) is 5.73 Å². The molecule has 0 amide bonds. The molecular formula is C11H14N2O3. The number of hydrogen-bond acceptors (Lipinski definition) is 5. The molecule has 5 nitrogen and oxygen atoms in total. The zero-order chi connectivity index (χ0) is 11.7. The summed E-state index contributed by atoms with van der Waals surface area (Å²) < 4.78 is 5.31. The molecule has 1 heterocycles. The highest BCUT2D eigenvalue weighted by Gasteiger charge is 2.17. The number of nitrogens with two attached hydrogens (primary N) is 1. The highest BCUT2D eigenvalue weighted by atomic mass is 16.3. The predicted octanol–water partition coefficient (Wildman–Crippen LogP) is 0.489. The Morgan fingerprint density at radius 2 is 2.19 bits per heavy atom. The van der Waals surface area contributed by atoms with E-state index in [-0.39, 0.29) is 6.54 Å². The average Bonchev–Trinajstić information content (AvgIpc) is 2.65. The van der Waals surface area contributed by atoms with Gasteiger partial charge in [-0.2, -0.15) is 0 Å². The number of rotatable bonds is 3. The van der Waals surface area contributed by atoms with Gasteiger partial charge in [0.2, 0.25) is 0 Å². The maximum Gasteiger partial charge on any atom is 0.192 e. The highest BCUT2D eigenvalue weighted by molar-refractivity contribution is 5.73. The van der Waals surface area contributed by atoms with E-state index in [0.29, 0.717) is 22.6 Å². The van der Waals surface area contributed by atoms with Gasteiger partial charge in [0.05, 0.1) is 6.10 Å². The number of aromatic nitrogens is 1. The van der Waals surface area contributed by atoms with Crippen molar-refractivity contribution in [2.75, 3.05) is 6.54 Å². The zero-order valence-electron chi connectivity index (χ0n) is 8.92. The largest absolute Gasteiger partial charge is 0.441 e. The van der Waals surface area contributed by atoms with Crippen LogP contribution in [0.25, 0.3) is 11.1 Å². The number of aryl methyl sites for hydroxylation is 1. The second kappa shape index (κ2) is 4.21. The van der Waals surface area contributed by atoms with E-state index in [1.807, 2.05) is 0 Å². The smallest absolute Gasteiger partial charge is 0.192 e. The summed E-state index contributed by atoms with van der Waals surface area (Å²) in [4.78, 5) is 4.15. The molecule has 0 radical (unpaired) electrons. The van der Waals surface area contributed by atoms with Crippen molar-refractivity contribution < 1.29 is 14.6 Å². The lowest BCUT2D eigenvalue weighted by Gasteiger charge is -2.15. The molecule has 0 spiro atoms. The van der Waals surface area contributed by atoms with Gasteiger partial charge < -0.3 is 20.4 Å². The minimum atomic E-state index is -0.994. The molecule has 2 aromatic rings. The van der Waals surface area contributed by atoms with Gasteiger partial charge in [0.1, 0.15) is 11.6 Å². The summed E-state index contributed by atoms with van der Waals surface area (Å²) in [5.74, 6) is 0.570. The van der Waals surface area contributed by atoms with Gasteiger partial charge in [-0.3, -0.25) is 0 Å². The molecule has 1 aromatic heterocycles. The number of benzene rings is 1. The molecule has 0 saturated heterocycles. The Balaban J connectivity index is 2.38. The van der Waals surface area contributed by atoms with E-state index >= 15 is 0 Å². The summed E-state index contributed by atoms with van der Waals surface area (Å²) in [5.41, 5.74) is 7.19. The van der Waals surface area contributed by atoms with Gasteiger partial charge in [-0.15, -0.1) is 0 Å². The van der Waals surface area contributed by atoms with E-state index in [9.17, 15) is 10.2 Å². The van der Waals surface area contributed by atoms with Crippen molar-refractivity contribution in [3.8, 4) is 0 Å². The van der Waals surface area contributed by atoms with Crippen molar-refractivity contribution in [2.45, 2.75) is 19.1 Å². The molecule has 2 rings (SSSR count). The van der Waals surface area contributed by atoms with Crippen LogP contribution in [0, 0.1) is 6.92 Å². The maximum atomic E-state index is 9.77. The van der Waals surface area contributed by atoms with Crippen LogP contribution in [0.2, 0.25) is 0 Å². The molecule has 16 heavy (non-hydrogen) atoms. The Morgan fingerprint density at radius 1 is 1.44 bits per heavy atom. The van der Waals surface area contributed by atoms with E-state index in [0.717, 1.165) is 0 Å². The van der Waals surface area contributed by atoms with Crippen molar-refractivity contribution >= 4 is 11.1 Å². The minimum absolute atomic E-state index is 0.0110.